The van der Waals surface area contributed by atoms with Gasteiger partial charge in [-0.2, -0.15) is 0 Å². The van der Waals surface area contributed by atoms with E-state index in [9.17, 15) is 9.59 Å². The first-order valence-corrected chi connectivity index (χ1v) is 9.70. The lowest BCUT2D eigenvalue weighted by Gasteiger charge is -2.37. The quantitative estimate of drug-likeness (QED) is 0.836. The van der Waals surface area contributed by atoms with Gasteiger partial charge in [-0.05, 0) is 31.7 Å². The minimum Gasteiger partial charge on any atom is -0.351 e. The maximum absolute atomic E-state index is 12.9. The molecule has 2 aliphatic rings. The summed E-state index contributed by atoms with van der Waals surface area (Å²) in [4.78, 5) is 29.6. The van der Waals surface area contributed by atoms with E-state index in [-0.39, 0.29) is 29.7 Å². The zero-order valence-corrected chi connectivity index (χ0v) is 15.6. The second kappa shape index (κ2) is 7.55. The molecule has 4 rings (SSSR count). The Bertz CT molecular complexity index is 818. The number of carbonyl (C=O) groups is 2. The highest BCUT2D eigenvalue weighted by Crippen LogP contribution is 2.32. The second-order valence-electron chi connectivity index (χ2n) is 7.56. The van der Waals surface area contributed by atoms with Gasteiger partial charge < -0.3 is 14.3 Å². The third-order valence-corrected chi connectivity index (χ3v) is 5.72. The Balaban J connectivity index is 1.59. The number of benzene rings is 1. The highest BCUT2D eigenvalue weighted by atomic mass is 16.5. The van der Waals surface area contributed by atoms with Gasteiger partial charge in [0.25, 0.3) is 5.91 Å². The number of fused-ring (bicyclic) bond motifs is 1. The van der Waals surface area contributed by atoms with Crippen LogP contribution in [0, 0.1) is 6.92 Å². The van der Waals surface area contributed by atoms with Crippen molar-refractivity contribution in [2.45, 2.75) is 57.7 Å². The van der Waals surface area contributed by atoms with Crippen LogP contribution in [0.25, 0.3) is 0 Å². The maximum Gasteiger partial charge on any atom is 0.292 e. The number of carbonyl (C=O) groups excluding carboxylic acids is 2. The molecule has 0 N–H and O–H groups in total. The van der Waals surface area contributed by atoms with E-state index < -0.39 is 0 Å². The number of amides is 2. The van der Waals surface area contributed by atoms with Gasteiger partial charge >= 0.3 is 0 Å². The first-order valence-electron chi connectivity index (χ1n) is 9.70. The Hall–Kier alpha value is -2.63. The summed E-state index contributed by atoms with van der Waals surface area (Å²) in [6.07, 6.45) is 5.64. The van der Waals surface area contributed by atoms with E-state index in [2.05, 4.69) is 30.3 Å². The normalized spacial score (nSPS) is 23.1. The summed E-state index contributed by atoms with van der Waals surface area (Å²) in [6.45, 7) is 3.31. The molecule has 2 atom stereocenters. The van der Waals surface area contributed by atoms with Gasteiger partial charge in [0.15, 0.2) is 0 Å². The first-order chi connectivity index (χ1) is 13.1. The fourth-order valence-corrected chi connectivity index (χ4v) is 4.44. The molecule has 0 unspecified atom stereocenters. The van der Waals surface area contributed by atoms with Crippen molar-refractivity contribution in [3.8, 4) is 0 Å². The fraction of sp³-hybridized carbons (Fsp3) is 0.476. The van der Waals surface area contributed by atoms with Gasteiger partial charge in [-0.15, -0.1) is 0 Å². The molecule has 1 aromatic carbocycles. The fourth-order valence-electron chi connectivity index (χ4n) is 4.44. The summed E-state index contributed by atoms with van der Waals surface area (Å²) in [5.74, 6) is 0.345. The number of aryl methyl sites for hydroxylation is 1. The molecule has 2 aliphatic heterocycles. The van der Waals surface area contributed by atoms with Crippen LogP contribution in [0.5, 0.6) is 0 Å². The van der Waals surface area contributed by atoms with E-state index in [0.29, 0.717) is 19.5 Å². The van der Waals surface area contributed by atoms with Gasteiger partial charge in [-0.1, -0.05) is 41.4 Å². The number of rotatable bonds is 3. The van der Waals surface area contributed by atoms with E-state index in [4.69, 9.17) is 4.52 Å². The zero-order valence-electron chi connectivity index (χ0n) is 15.6. The van der Waals surface area contributed by atoms with Crippen LogP contribution in [-0.2, 0) is 11.3 Å². The molecule has 142 valence electrons. The van der Waals surface area contributed by atoms with Crippen LogP contribution in [0.1, 0.15) is 53.8 Å². The molecular weight excluding hydrogens is 342 g/mol. The van der Waals surface area contributed by atoms with Crippen LogP contribution in [0.4, 0.5) is 0 Å². The lowest BCUT2D eigenvalue weighted by atomic mass is 9.96. The number of hydrogen-bond acceptors (Lipinski definition) is 4. The minimum atomic E-state index is -0.122. The molecule has 1 aromatic heterocycles. The van der Waals surface area contributed by atoms with Crippen molar-refractivity contribution in [3.05, 3.63) is 53.4 Å². The lowest BCUT2D eigenvalue weighted by Crippen LogP contribution is -2.49. The molecule has 3 heterocycles. The van der Waals surface area contributed by atoms with Crippen molar-refractivity contribution in [2.24, 2.45) is 0 Å². The van der Waals surface area contributed by atoms with Crippen LogP contribution in [-0.4, -0.2) is 45.4 Å². The molecule has 27 heavy (non-hydrogen) atoms. The average molecular weight is 367 g/mol. The predicted octanol–water partition coefficient (Wildman–Crippen LogP) is 3.17. The maximum atomic E-state index is 12.9. The van der Waals surface area contributed by atoms with Gasteiger partial charge in [0.2, 0.25) is 11.7 Å². The molecule has 2 amide bonds. The van der Waals surface area contributed by atoms with Gasteiger partial charge in [-0.3, -0.25) is 9.59 Å². The monoisotopic (exact) mass is 367 g/mol. The lowest BCUT2D eigenvalue weighted by molar-refractivity contribution is -0.135. The summed E-state index contributed by atoms with van der Waals surface area (Å²) < 4.78 is 5.08. The minimum absolute atomic E-state index is 0.0386. The SMILES string of the molecule is Cc1cccc(CN2C(=O)CCCC[C@@H]3[C@@H]2CCN3C(=O)c2ccno2)c1. The standard InChI is InChI=1S/C21H25N3O3/c1-15-5-4-6-16(13-15)14-24-18-10-12-23(21(26)19-9-11-22-27-19)17(18)7-2-3-8-20(24)25/h4-6,9,11,13,17-18H,2-3,7-8,10,12,14H2,1H3/t17-,18+/m1/s1. The number of hydrogen-bond donors (Lipinski definition) is 0. The van der Waals surface area contributed by atoms with Crippen molar-refractivity contribution in [3.63, 3.8) is 0 Å². The summed E-state index contributed by atoms with van der Waals surface area (Å²) in [6, 6.07) is 10.0. The van der Waals surface area contributed by atoms with Crippen LogP contribution in [0.2, 0.25) is 0 Å². The van der Waals surface area contributed by atoms with Gasteiger partial charge in [0.05, 0.1) is 18.3 Å². The summed E-state index contributed by atoms with van der Waals surface area (Å²) in [5, 5.41) is 3.66. The summed E-state index contributed by atoms with van der Waals surface area (Å²) in [5.41, 5.74) is 2.33. The molecule has 2 fully saturated rings. The Morgan fingerprint density at radius 3 is 2.89 bits per heavy atom. The molecule has 0 bridgehead atoms. The van der Waals surface area contributed by atoms with Crippen molar-refractivity contribution in [1.82, 2.24) is 15.0 Å². The molecule has 0 aliphatic carbocycles. The predicted molar refractivity (Wildman–Crippen MR) is 99.9 cm³/mol. The third kappa shape index (κ3) is 3.61. The smallest absolute Gasteiger partial charge is 0.292 e. The summed E-state index contributed by atoms with van der Waals surface area (Å²) >= 11 is 0. The van der Waals surface area contributed by atoms with Gasteiger partial charge in [0.1, 0.15) is 0 Å². The van der Waals surface area contributed by atoms with E-state index in [1.807, 2.05) is 15.9 Å². The van der Waals surface area contributed by atoms with Crippen LogP contribution in [0.3, 0.4) is 0 Å². The molecule has 2 aromatic rings. The molecule has 2 saturated heterocycles. The molecule has 0 spiro atoms. The van der Waals surface area contributed by atoms with E-state index in [1.54, 1.807) is 6.07 Å². The number of likely N-dealkylation sites (tertiary alicyclic amines) is 2. The van der Waals surface area contributed by atoms with Gasteiger partial charge in [0, 0.05) is 25.6 Å². The van der Waals surface area contributed by atoms with E-state index in [0.717, 1.165) is 31.2 Å². The first kappa shape index (κ1) is 17.8. The Morgan fingerprint density at radius 1 is 1.22 bits per heavy atom. The highest BCUT2D eigenvalue weighted by molar-refractivity contribution is 5.92. The molecule has 6 nitrogen and oxygen atoms in total. The highest BCUT2D eigenvalue weighted by Gasteiger charge is 2.43. The van der Waals surface area contributed by atoms with Crippen molar-refractivity contribution in [2.75, 3.05) is 6.54 Å². The van der Waals surface area contributed by atoms with Crippen LogP contribution in [0.15, 0.2) is 41.1 Å². The topological polar surface area (TPSA) is 66.7 Å². The second-order valence-corrected chi connectivity index (χ2v) is 7.56. The molecule has 0 radical (unpaired) electrons. The molecule has 6 heteroatoms. The van der Waals surface area contributed by atoms with Gasteiger partial charge in [-0.25, -0.2) is 0 Å². The van der Waals surface area contributed by atoms with E-state index in [1.165, 1.54) is 11.8 Å². The summed E-state index contributed by atoms with van der Waals surface area (Å²) in [7, 11) is 0. The Labute approximate surface area is 159 Å². The van der Waals surface area contributed by atoms with Crippen molar-refractivity contribution in [1.29, 1.82) is 0 Å². The zero-order chi connectivity index (χ0) is 18.8. The van der Waals surface area contributed by atoms with Crippen LogP contribution < -0.4 is 0 Å². The van der Waals surface area contributed by atoms with Crippen molar-refractivity contribution < 1.29 is 14.1 Å². The third-order valence-electron chi connectivity index (χ3n) is 5.72. The average Bonchev–Trinajstić information content (AvgIpc) is 3.31. The largest absolute Gasteiger partial charge is 0.351 e. The van der Waals surface area contributed by atoms with E-state index >= 15 is 0 Å². The Kier molecular flexibility index (Phi) is 4.97. The Morgan fingerprint density at radius 2 is 2.11 bits per heavy atom. The molecule has 0 saturated carbocycles. The number of aromatic nitrogens is 1. The van der Waals surface area contributed by atoms with Crippen molar-refractivity contribution >= 4 is 11.8 Å². The van der Waals surface area contributed by atoms with Crippen LogP contribution >= 0.6 is 0 Å². The molecular formula is C21H25N3O3. The number of nitrogens with zero attached hydrogens (tertiary/aromatic N) is 3.